The van der Waals surface area contributed by atoms with Crippen LogP contribution in [0.3, 0.4) is 0 Å². The molecule has 3 aromatic heterocycles. The van der Waals surface area contributed by atoms with Crippen LogP contribution in [0.25, 0.3) is 11.3 Å². The van der Waals surface area contributed by atoms with Gasteiger partial charge in [0.1, 0.15) is 5.69 Å². The Hall–Kier alpha value is -3.38. The highest BCUT2D eigenvalue weighted by Gasteiger charge is 2.34. The SMILES string of the molecule is O=C(N[C@H]1CCCn2nc(-c3ccnc(C(F)(F)F)c3)cc21)c1cnn(C(F)(F)F)c1. The number of aryl methyl sites for hydroxylation is 1. The molecule has 1 atom stereocenters. The molecule has 1 N–H and O–H groups in total. The van der Waals surface area contributed by atoms with E-state index in [1.807, 2.05) is 0 Å². The van der Waals surface area contributed by atoms with Crippen molar-refractivity contribution in [3.05, 3.63) is 53.7 Å². The second kappa shape index (κ2) is 7.39. The zero-order valence-electron chi connectivity index (χ0n) is 15.6. The van der Waals surface area contributed by atoms with Crippen molar-refractivity contribution in [2.75, 3.05) is 0 Å². The highest BCUT2D eigenvalue weighted by Crippen LogP contribution is 2.33. The third-order valence-corrected chi connectivity index (χ3v) is 4.79. The summed E-state index contributed by atoms with van der Waals surface area (Å²) in [5.74, 6) is -0.750. The molecule has 13 heteroatoms. The minimum atomic E-state index is -4.74. The summed E-state index contributed by atoms with van der Waals surface area (Å²) in [6, 6.07) is 3.26. The Kier molecular flexibility index (Phi) is 4.98. The number of nitrogens with one attached hydrogen (secondary N) is 1. The summed E-state index contributed by atoms with van der Waals surface area (Å²) in [6.45, 7) is 0.491. The molecule has 1 aliphatic heterocycles. The molecule has 1 aliphatic rings. The lowest BCUT2D eigenvalue weighted by Crippen LogP contribution is -2.32. The van der Waals surface area contributed by atoms with E-state index in [0.29, 0.717) is 31.3 Å². The van der Waals surface area contributed by atoms with Crippen LogP contribution in [0, 0.1) is 0 Å². The summed E-state index contributed by atoms with van der Waals surface area (Å²) in [4.78, 5) is 15.7. The number of pyridine rings is 1. The predicted molar refractivity (Wildman–Crippen MR) is 93.4 cm³/mol. The molecule has 4 heterocycles. The van der Waals surface area contributed by atoms with Crippen molar-refractivity contribution in [3.8, 4) is 11.3 Å². The van der Waals surface area contributed by atoms with Gasteiger partial charge in [-0.1, -0.05) is 0 Å². The van der Waals surface area contributed by atoms with E-state index >= 15 is 0 Å². The summed E-state index contributed by atoms with van der Waals surface area (Å²) in [5, 5.41) is 10.1. The maximum absolute atomic E-state index is 12.9. The number of carbonyl (C=O) groups excluding carboxylic acids is 1. The van der Waals surface area contributed by atoms with Crippen LogP contribution in [0.4, 0.5) is 26.3 Å². The van der Waals surface area contributed by atoms with Gasteiger partial charge in [0.2, 0.25) is 0 Å². The summed E-state index contributed by atoms with van der Waals surface area (Å²) < 4.78 is 78.1. The van der Waals surface area contributed by atoms with Gasteiger partial charge in [0.15, 0.2) is 0 Å². The molecule has 0 spiro atoms. The van der Waals surface area contributed by atoms with Crippen LogP contribution in [0.1, 0.15) is 40.6 Å². The van der Waals surface area contributed by atoms with Gasteiger partial charge in [0.05, 0.1) is 29.2 Å². The largest absolute Gasteiger partial charge is 0.504 e. The number of rotatable bonds is 3. The van der Waals surface area contributed by atoms with Crippen molar-refractivity contribution in [3.63, 3.8) is 0 Å². The second-order valence-electron chi connectivity index (χ2n) is 6.91. The van der Waals surface area contributed by atoms with E-state index in [0.717, 1.165) is 18.5 Å². The molecule has 0 radical (unpaired) electrons. The lowest BCUT2D eigenvalue weighted by Gasteiger charge is -2.24. The minimum Gasteiger partial charge on any atom is -0.344 e. The van der Waals surface area contributed by atoms with Gasteiger partial charge < -0.3 is 5.32 Å². The van der Waals surface area contributed by atoms with Gasteiger partial charge in [-0.25, -0.2) is 0 Å². The van der Waals surface area contributed by atoms with Crippen LogP contribution in [-0.4, -0.2) is 30.5 Å². The van der Waals surface area contributed by atoms with E-state index in [4.69, 9.17) is 0 Å². The van der Waals surface area contributed by atoms with Crippen molar-refractivity contribution in [2.45, 2.75) is 37.9 Å². The van der Waals surface area contributed by atoms with Crippen molar-refractivity contribution < 1.29 is 31.1 Å². The quantitative estimate of drug-likeness (QED) is 0.622. The van der Waals surface area contributed by atoms with Crippen LogP contribution in [0.5, 0.6) is 0 Å². The Balaban J connectivity index is 1.57. The van der Waals surface area contributed by atoms with E-state index in [1.165, 1.54) is 6.07 Å². The van der Waals surface area contributed by atoms with Crippen molar-refractivity contribution in [1.82, 2.24) is 29.9 Å². The minimum absolute atomic E-state index is 0.209. The first kappa shape index (κ1) is 20.9. The number of hydrogen-bond donors (Lipinski definition) is 1. The molecular formula is C18H14F6N6O. The van der Waals surface area contributed by atoms with Gasteiger partial charge in [0.25, 0.3) is 5.91 Å². The second-order valence-corrected chi connectivity index (χ2v) is 6.91. The first-order valence-corrected chi connectivity index (χ1v) is 9.06. The zero-order valence-corrected chi connectivity index (χ0v) is 15.6. The molecule has 0 aromatic carbocycles. The van der Waals surface area contributed by atoms with Gasteiger partial charge >= 0.3 is 12.5 Å². The van der Waals surface area contributed by atoms with Gasteiger partial charge in [-0.2, -0.15) is 28.1 Å². The third kappa shape index (κ3) is 4.25. The molecule has 4 rings (SSSR count). The number of carbonyl (C=O) groups is 1. The van der Waals surface area contributed by atoms with Crippen LogP contribution in [0.2, 0.25) is 0 Å². The fourth-order valence-corrected chi connectivity index (χ4v) is 3.34. The monoisotopic (exact) mass is 444 g/mol. The number of halogens is 6. The molecule has 0 saturated heterocycles. The molecular weight excluding hydrogens is 430 g/mol. The molecule has 0 saturated carbocycles. The van der Waals surface area contributed by atoms with Gasteiger partial charge in [-0.05, 0) is 31.0 Å². The Morgan fingerprint density at radius 2 is 1.94 bits per heavy atom. The molecule has 7 nitrogen and oxygen atoms in total. The maximum Gasteiger partial charge on any atom is 0.504 e. The number of nitrogens with zero attached hydrogens (tertiary/aromatic N) is 5. The van der Waals surface area contributed by atoms with E-state index in [1.54, 1.807) is 10.7 Å². The van der Waals surface area contributed by atoms with E-state index in [2.05, 4.69) is 20.5 Å². The third-order valence-electron chi connectivity index (χ3n) is 4.79. The van der Waals surface area contributed by atoms with Gasteiger partial charge in [-0.15, -0.1) is 13.2 Å². The molecule has 0 unspecified atom stereocenters. The molecule has 164 valence electrons. The van der Waals surface area contributed by atoms with Crippen LogP contribution in [-0.2, 0) is 19.0 Å². The van der Waals surface area contributed by atoms with Crippen LogP contribution < -0.4 is 5.32 Å². The zero-order chi connectivity index (χ0) is 22.4. The summed E-state index contributed by atoms with van der Waals surface area (Å²) in [7, 11) is 0. The number of aromatic nitrogens is 5. The van der Waals surface area contributed by atoms with E-state index in [9.17, 15) is 31.1 Å². The predicted octanol–water partition coefficient (Wildman–Crippen LogP) is 3.90. The van der Waals surface area contributed by atoms with Crippen molar-refractivity contribution >= 4 is 5.91 Å². The topological polar surface area (TPSA) is 77.6 Å². The number of amides is 1. The molecule has 0 aliphatic carbocycles. The standard InChI is InChI=1S/C18H14F6N6O/c19-17(20,21)15-6-10(3-4-25-15)13-7-14-12(2-1-5-29(14)28-13)27-16(31)11-8-26-30(9-11)18(22,23)24/h3-4,6-9,12H,1-2,5H2,(H,27,31)/t12-/m0/s1. The molecule has 1 amide bonds. The van der Waals surface area contributed by atoms with Crippen molar-refractivity contribution in [1.29, 1.82) is 0 Å². The first-order valence-electron chi connectivity index (χ1n) is 9.06. The fraction of sp³-hybridized carbons (Fsp3) is 0.333. The number of hydrogen-bond acceptors (Lipinski definition) is 4. The van der Waals surface area contributed by atoms with Gasteiger partial charge in [-0.3, -0.25) is 14.5 Å². The highest BCUT2D eigenvalue weighted by atomic mass is 19.4. The summed E-state index contributed by atoms with van der Waals surface area (Å²) in [5.41, 5.74) is -0.293. The number of fused-ring (bicyclic) bond motifs is 1. The lowest BCUT2D eigenvalue weighted by atomic mass is 10.0. The lowest BCUT2D eigenvalue weighted by molar-refractivity contribution is -0.212. The molecule has 31 heavy (non-hydrogen) atoms. The van der Waals surface area contributed by atoms with Crippen molar-refractivity contribution in [2.24, 2.45) is 0 Å². The fourth-order valence-electron chi connectivity index (χ4n) is 3.34. The average molecular weight is 444 g/mol. The highest BCUT2D eigenvalue weighted by molar-refractivity contribution is 5.94. The smallest absolute Gasteiger partial charge is 0.344 e. The Morgan fingerprint density at radius 1 is 1.16 bits per heavy atom. The molecule has 0 bridgehead atoms. The normalized spacial score (nSPS) is 16.8. The summed E-state index contributed by atoms with van der Waals surface area (Å²) in [6.07, 6.45) is -5.81. The Morgan fingerprint density at radius 3 is 2.61 bits per heavy atom. The Labute approximate surface area is 170 Å². The van der Waals surface area contributed by atoms with Crippen LogP contribution >= 0.6 is 0 Å². The average Bonchev–Trinajstić information content (AvgIpc) is 3.35. The maximum atomic E-state index is 12.9. The van der Waals surface area contributed by atoms with E-state index < -0.39 is 30.1 Å². The van der Waals surface area contributed by atoms with Crippen LogP contribution in [0.15, 0.2) is 36.8 Å². The summed E-state index contributed by atoms with van der Waals surface area (Å²) >= 11 is 0. The first-order chi connectivity index (χ1) is 14.5. The molecule has 0 fully saturated rings. The number of alkyl halides is 6. The van der Waals surface area contributed by atoms with E-state index in [-0.39, 0.29) is 21.5 Å². The van der Waals surface area contributed by atoms with Gasteiger partial charge in [0, 0.05) is 24.5 Å². The Bertz CT molecular complexity index is 1120. The molecule has 3 aromatic rings.